The Balaban J connectivity index is 0.00000529. The summed E-state index contributed by atoms with van der Waals surface area (Å²) < 4.78 is 17.1. The second-order valence-corrected chi connectivity index (χ2v) is 8.35. The Labute approximate surface area is 153 Å². The van der Waals surface area contributed by atoms with Crippen LogP contribution in [0.15, 0.2) is 43.1 Å². The monoisotopic (exact) mass is 374 g/mol. The van der Waals surface area contributed by atoms with Crippen molar-refractivity contribution >= 4 is 21.2 Å². The van der Waals surface area contributed by atoms with Gasteiger partial charge in [0.1, 0.15) is 0 Å². The van der Waals surface area contributed by atoms with E-state index in [4.69, 9.17) is 19.0 Å². The van der Waals surface area contributed by atoms with Crippen LogP contribution in [0, 0.1) is 0 Å². The average molecular weight is 375 g/mol. The van der Waals surface area contributed by atoms with Crippen molar-refractivity contribution in [1.29, 1.82) is 0 Å². The molecule has 1 rings (SSSR count). The van der Waals surface area contributed by atoms with Gasteiger partial charge in [0.25, 0.3) is 0 Å². The number of hydrogen-bond acceptors (Lipinski definition) is 5. The van der Waals surface area contributed by atoms with Crippen molar-refractivity contribution in [2.75, 3.05) is 27.4 Å². The summed E-state index contributed by atoms with van der Waals surface area (Å²) in [5.41, 5.74) is 6.87. The van der Waals surface area contributed by atoms with Gasteiger partial charge in [-0.15, -0.1) is 12.4 Å². The lowest BCUT2D eigenvalue weighted by Gasteiger charge is -2.27. The van der Waals surface area contributed by atoms with Crippen LogP contribution in [0.1, 0.15) is 18.4 Å². The van der Waals surface area contributed by atoms with E-state index in [2.05, 4.69) is 36.2 Å². The molecular formula is C17H31ClN2O3Si. The summed E-state index contributed by atoms with van der Waals surface area (Å²) in [6.07, 6.45) is 4.35. The molecule has 5 nitrogen and oxygen atoms in total. The first-order valence-corrected chi connectivity index (χ1v) is 9.98. The van der Waals surface area contributed by atoms with Crippen molar-refractivity contribution < 1.29 is 13.3 Å². The average Bonchev–Trinajstić information content (AvgIpc) is 2.59. The fraction of sp³-hybridized carbons (Fsp3) is 0.529. The van der Waals surface area contributed by atoms with Gasteiger partial charge in [-0.1, -0.05) is 36.9 Å². The van der Waals surface area contributed by atoms with Gasteiger partial charge in [0.2, 0.25) is 0 Å². The first-order chi connectivity index (χ1) is 11.2. The van der Waals surface area contributed by atoms with Crippen molar-refractivity contribution in [3.8, 4) is 0 Å². The van der Waals surface area contributed by atoms with E-state index in [1.165, 1.54) is 5.56 Å². The third-order valence-corrected chi connectivity index (χ3v) is 6.63. The Morgan fingerprint density at radius 3 is 2.46 bits per heavy atom. The van der Waals surface area contributed by atoms with Crippen molar-refractivity contribution in [3.05, 3.63) is 48.7 Å². The maximum absolute atomic E-state index is 6.01. The Kier molecular flexibility index (Phi) is 12.9. The zero-order chi connectivity index (χ0) is 17.0. The molecule has 1 unspecified atom stereocenters. The van der Waals surface area contributed by atoms with Crippen molar-refractivity contribution in [3.63, 3.8) is 0 Å². The van der Waals surface area contributed by atoms with Gasteiger partial charge in [0.15, 0.2) is 0 Å². The molecule has 0 radical (unpaired) electrons. The Bertz CT molecular complexity index is 433. The molecule has 3 N–H and O–H groups in total. The van der Waals surface area contributed by atoms with Crippen LogP contribution in [0.25, 0.3) is 0 Å². The highest BCUT2D eigenvalue weighted by Crippen LogP contribution is 2.17. The lowest BCUT2D eigenvalue weighted by Crippen LogP contribution is -2.45. The molecule has 0 saturated heterocycles. The maximum Gasteiger partial charge on any atom is 0.500 e. The highest BCUT2D eigenvalue weighted by molar-refractivity contribution is 6.60. The minimum Gasteiger partial charge on any atom is -0.388 e. The third kappa shape index (κ3) is 8.28. The van der Waals surface area contributed by atoms with E-state index in [1.54, 1.807) is 20.4 Å². The molecule has 0 aliphatic rings. The molecule has 0 fully saturated rings. The zero-order valence-corrected chi connectivity index (χ0v) is 16.5. The van der Waals surface area contributed by atoms with Gasteiger partial charge in [0.05, 0.1) is 0 Å². The van der Waals surface area contributed by atoms with Crippen LogP contribution in [0.3, 0.4) is 0 Å². The zero-order valence-electron chi connectivity index (χ0n) is 14.7. The molecule has 1 atom stereocenters. The van der Waals surface area contributed by atoms with Crippen LogP contribution >= 0.6 is 12.4 Å². The van der Waals surface area contributed by atoms with Crippen LogP contribution in [0.2, 0.25) is 6.04 Å². The van der Waals surface area contributed by atoms with Gasteiger partial charge < -0.3 is 24.3 Å². The minimum atomic E-state index is -2.58. The molecule has 0 bridgehead atoms. The topological polar surface area (TPSA) is 65.7 Å². The minimum absolute atomic E-state index is 0. The molecule has 0 aliphatic carbocycles. The van der Waals surface area contributed by atoms with Crippen molar-refractivity contribution in [1.82, 2.24) is 5.32 Å². The van der Waals surface area contributed by atoms with E-state index in [-0.39, 0.29) is 18.4 Å². The van der Waals surface area contributed by atoms with Crippen molar-refractivity contribution in [2.45, 2.75) is 31.3 Å². The van der Waals surface area contributed by atoms with E-state index in [0.717, 1.165) is 25.3 Å². The molecular weight excluding hydrogens is 344 g/mol. The SMILES string of the molecule is C=CNC(CCO[Si](CCCN)(OC)OC)Cc1ccccc1.Cl. The van der Waals surface area contributed by atoms with E-state index >= 15 is 0 Å². The molecule has 0 saturated carbocycles. The Morgan fingerprint density at radius 1 is 1.25 bits per heavy atom. The van der Waals surface area contributed by atoms with Gasteiger partial charge in [-0.25, -0.2) is 0 Å². The molecule has 7 heteroatoms. The lowest BCUT2D eigenvalue weighted by atomic mass is 10.0. The summed E-state index contributed by atoms with van der Waals surface area (Å²) in [6, 6.07) is 11.4. The molecule has 0 aromatic heterocycles. The van der Waals surface area contributed by atoms with Crippen LogP contribution < -0.4 is 11.1 Å². The highest BCUT2D eigenvalue weighted by Gasteiger charge is 2.38. The summed E-state index contributed by atoms with van der Waals surface area (Å²) in [5, 5.41) is 3.29. The van der Waals surface area contributed by atoms with Crippen LogP contribution in [-0.4, -0.2) is 42.2 Å². The summed E-state index contributed by atoms with van der Waals surface area (Å²) >= 11 is 0. The molecule has 0 amide bonds. The van der Waals surface area contributed by atoms with Gasteiger partial charge in [0, 0.05) is 32.9 Å². The first kappa shape index (κ1) is 23.1. The number of nitrogens with one attached hydrogen (secondary N) is 1. The number of benzene rings is 1. The molecule has 24 heavy (non-hydrogen) atoms. The molecule has 0 heterocycles. The van der Waals surface area contributed by atoms with E-state index in [0.29, 0.717) is 13.2 Å². The van der Waals surface area contributed by atoms with Gasteiger partial charge in [-0.2, -0.15) is 0 Å². The fourth-order valence-corrected chi connectivity index (χ4v) is 4.48. The predicted molar refractivity (Wildman–Crippen MR) is 103 cm³/mol. The number of nitrogens with two attached hydrogens (primary N) is 1. The van der Waals surface area contributed by atoms with E-state index in [9.17, 15) is 0 Å². The quantitative estimate of drug-likeness (QED) is 0.520. The second-order valence-electron chi connectivity index (χ2n) is 5.38. The van der Waals surface area contributed by atoms with E-state index < -0.39 is 8.80 Å². The van der Waals surface area contributed by atoms with Crippen LogP contribution in [-0.2, 0) is 19.7 Å². The maximum atomic E-state index is 6.01. The smallest absolute Gasteiger partial charge is 0.388 e. The third-order valence-electron chi connectivity index (χ3n) is 3.78. The second kappa shape index (κ2) is 13.4. The van der Waals surface area contributed by atoms with Gasteiger partial charge in [-0.05, 0) is 37.6 Å². The summed E-state index contributed by atoms with van der Waals surface area (Å²) in [6.45, 7) is 4.96. The van der Waals surface area contributed by atoms with Crippen LogP contribution in [0.4, 0.5) is 0 Å². The summed E-state index contributed by atoms with van der Waals surface area (Å²) in [4.78, 5) is 0. The number of halogens is 1. The Hall–Kier alpha value is -0.893. The fourth-order valence-electron chi connectivity index (χ4n) is 2.46. The van der Waals surface area contributed by atoms with Gasteiger partial charge >= 0.3 is 8.80 Å². The highest BCUT2D eigenvalue weighted by atomic mass is 35.5. The predicted octanol–water partition coefficient (Wildman–Crippen LogP) is 2.74. The number of rotatable bonds is 13. The summed E-state index contributed by atoms with van der Waals surface area (Å²) in [7, 11) is 0.717. The number of hydrogen-bond donors (Lipinski definition) is 2. The molecule has 1 aromatic carbocycles. The molecule has 1 aromatic rings. The standard InChI is InChI=1S/C17H30N2O3Si.ClH/c1-4-19-17(15-16-9-6-5-7-10-16)11-13-22-23(20-2,21-3)14-8-12-18;/h4-7,9-10,17,19H,1,8,11-15,18H2,2-3H3;1H. The van der Waals surface area contributed by atoms with E-state index in [1.807, 2.05) is 6.07 Å². The van der Waals surface area contributed by atoms with Crippen LogP contribution in [0.5, 0.6) is 0 Å². The summed E-state index contributed by atoms with van der Waals surface area (Å²) in [5.74, 6) is 0. The van der Waals surface area contributed by atoms with Gasteiger partial charge in [-0.3, -0.25) is 0 Å². The molecule has 0 aliphatic heterocycles. The lowest BCUT2D eigenvalue weighted by molar-refractivity contribution is 0.0940. The molecule has 138 valence electrons. The first-order valence-electron chi connectivity index (χ1n) is 8.05. The molecule has 0 spiro atoms. The normalized spacial score (nSPS) is 12.3. The Morgan fingerprint density at radius 2 is 1.92 bits per heavy atom. The largest absolute Gasteiger partial charge is 0.500 e. The van der Waals surface area contributed by atoms with Crippen molar-refractivity contribution in [2.24, 2.45) is 5.73 Å².